The highest BCUT2D eigenvalue weighted by atomic mass is 16.4. The first-order chi connectivity index (χ1) is 5.70. The van der Waals surface area contributed by atoms with Gasteiger partial charge in [-0.3, -0.25) is 4.79 Å². The van der Waals surface area contributed by atoms with Gasteiger partial charge in [0.1, 0.15) is 0 Å². The van der Waals surface area contributed by atoms with Crippen molar-refractivity contribution in [3.05, 3.63) is 11.6 Å². The fourth-order valence-corrected chi connectivity index (χ4v) is 1.20. The molecule has 0 saturated heterocycles. The molecule has 2 nitrogen and oxygen atoms in total. The first kappa shape index (κ1) is 11.2. The van der Waals surface area contributed by atoms with Crippen molar-refractivity contribution in [3.63, 3.8) is 0 Å². The highest BCUT2D eigenvalue weighted by Gasteiger charge is 1.97. The van der Waals surface area contributed by atoms with Crippen LogP contribution in [0.2, 0.25) is 0 Å². The van der Waals surface area contributed by atoms with E-state index in [1.807, 2.05) is 6.08 Å². The minimum absolute atomic E-state index is 0.176. The van der Waals surface area contributed by atoms with Gasteiger partial charge in [-0.25, -0.2) is 0 Å². The van der Waals surface area contributed by atoms with E-state index < -0.39 is 5.97 Å². The predicted octanol–water partition coefficient (Wildman–Crippen LogP) is 2.99. The summed E-state index contributed by atoms with van der Waals surface area (Å²) in [5, 5.41) is 8.45. The van der Waals surface area contributed by atoms with Crippen LogP contribution in [-0.4, -0.2) is 11.1 Å². The summed E-state index contributed by atoms with van der Waals surface area (Å²) >= 11 is 0. The third-order valence-electron chi connectivity index (χ3n) is 1.71. The molecule has 0 aromatic heterocycles. The van der Waals surface area contributed by atoms with E-state index in [0.29, 0.717) is 0 Å². The summed E-state index contributed by atoms with van der Waals surface area (Å²) in [6.07, 6.45) is 6.32. The monoisotopic (exact) mass is 170 g/mol. The van der Waals surface area contributed by atoms with E-state index in [1.165, 1.54) is 5.57 Å². The average molecular weight is 170 g/mol. The maximum absolute atomic E-state index is 10.3. The van der Waals surface area contributed by atoms with E-state index in [2.05, 4.69) is 13.8 Å². The molecule has 0 aliphatic carbocycles. The van der Waals surface area contributed by atoms with Crippen LogP contribution in [0.3, 0.4) is 0 Å². The lowest BCUT2D eigenvalue weighted by Crippen LogP contribution is -1.92. The van der Waals surface area contributed by atoms with E-state index in [4.69, 9.17) is 5.11 Å². The third kappa shape index (κ3) is 5.96. The molecule has 0 spiro atoms. The molecule has 0 aromatic carbocycles. The first-order valence-electron chi connectivity index (χ1n) is 4.60. The second kappa shape index (κ2) is 6.89. The quantitative estimate of drug-likeness (QED) is 0.622. The molecular weight excluding hydrogens is 152 g/mol. The summed E-state index contributed by atoms with van der Waals surface area (Å²) in [6, 6.07) is 0. The first-order valence-corrected chi connectivity index (χ1v) is 4.60. The summed E-state index contributed by atoms with van der Waals surface area (Å²) in [7, 11) is 0. The molecule has 1 N–H and O–H groups in total. The standard InChI is InChI=1S/C10H18O2/c1-3-5-9(6-4-2)7-8-10(11)12/h7H,3-6,8H2,1-2H3,(H,11,12). The van der Waals surface area contributed by atoms with Crippen LogP contribution in [0, 0.1) is 0 Å². The molecule has 0 rings (SSSR count). The Balaban J connectivity index is 3.89. The zero-order chi connectivity index (χ0) is 9.40. The van der Waals surface area contributed by atoms with E-state index in [-0.39, 0.29) is 6.42 Å². The van der Waals surface area contributed by atoms with Gasteiger partial charge in [-0.1, -0.05) is 38.3 Å². The van der Waals surface area contributed by atoms with E-state index >= 15 is 0 Å². The molecule has 12 heavy (non-hydrogen) atoms. The van der Waals surface area contributed by atoms with Crippen LogP contribution in [0.5, 0.6) is 0 Å². The van der Waals surface area contributed by atoms with Crippen molar-refractivity contribution in [2.45, 2.75) is 46.0 Å². The van der Waals surface area contributed by atoms with Crippen molar-refractivity contribution < 1.29 is 9.90 Å². The van der Waals surface area contributed by atoms with Gasteiger partial charge in [0.25, 0.3) is 0 Å². The van der Waals surface area contributed by atoms with Crippen LogP contribution in [0.15, 0.2) is 11.6 Å². The lowest BCUT2D eigenvalue weighted by molar-refractivity contribution is -0.136. The third-order valence-corrected chi connectivity index (χ3v) is 1.71. The second-order valence-electron chi connectivity index (χ2n) is 2.96. The van der Waals surface area contributed by atoms with E-state index in [0.717, 1.165) is 25.7 Å². The van der Waals surface area contributed by atoms with Gasteiger partial charge in [0.05, 0.1) is 6.42 Å². The number of rotatable bonds is 6. The highest BCUT2D eigenvalue weighted by Crippen LogP contribution is 2.12. The zero-order valence-corrected chi connectivity index (χ0v) is 7.97. The van der Waals surface area contributed by atoms with Crippen molar-refractivity contribution >= 4 is 5.97 Å². The Kier molecular flexibility index (Phi) is 6.44. The highest BCUT2D eigenvalue weighted by molar-refractivity contribution is 5.68. The maximum atomic E-state index is 10.3. The Morgan fingerprint density at radius 1 is 1.25 bits per heavy atom. The molecule has 0 bridgehead atoms. The van der Waals surface area contributed by atoms with Gasteiger partial charge in [0.2, 0.25) is 0 Å². The smallest absolute Gasteiger partial charge is 0.307 e. The summed E-state index contributed by atoms with van der Waals surface area (Å²) in [6.45, 7) is 4.23. The Morgan fingerprint density at radius 2 is 1.75 bits per heavy atom. The van der Waals surface area contributed by atoms with E-state index in [1.54, 1.807) is 0 Å². The molecule has 0 aromatic rings. The molecule has 0 fully saturated rings. The largest absolute Gasteiger partial charge is 0.481 e. The normalized spacial score (nSPS) is 9.50. The van der Waals surface area contributed by atoms with Crippen molar-refractivity contribution in [1.82, 2.24) is 0 Å². The summed E-state index contributed by atoms with van der Waals surface area (Å²) in [5.74, 6) is -0.736. The fraction of sp³-hybridized carbons (Fsp3) is 0.700. The van der Waals surface area contributed by atoms with Crippen LogP contribution in [0.4, 0.5) is 0 Å². The summed E-state index contributed by atoms with van der Waals surface area (Å²) in [5.41, 5.74) is 1.29. The lowest BCUT2D eigenvalue weighted by Gasteiger charge is -2.02. The Morgan fingerprint density at radius 3 is 2.08 bits per heavy atom. The summed E-state index contributed by atoms with van der Waals surface area (Å²) in [4.78, 5) is 10.3. The number of carboxylic acid groups (broad SMARTS) is 1. The second-order valence-corrected chi connectivity index (χ2v) is 2.96. The van der Waals surface area contributed by atoms with Crippen molar-refractivity contribution in [2.24, 2.45) is 0 Å². The summed E-state index contributed by atoms with van der Waals surface area (Å²) < 4.78 is 0. The lowest BCUT2D eigenvalue weighted by atomic mass is 10.0. The van der Waals surface area contributed by atoms with Gasteiger partial charge in [-0.05, 0) is 12.8 Å². The molecule has 0 saturated carbocycles. The minimum atomic E-state index is -0.736. The Labute approximate surface area is 74.3 Å². The van der Waals surface area contributed by atoms with Gasteiger partial charge < -0.3 is 5.11 Å². The number of allylic oxidation sites excluding steroid dienone is 1. The van der Waals surface area contributed by atoms with Crippen LogP contribution >= 0.6 is 0 Å². The van der Waals surface area contributed by atoms with Gasteiger partial charge in [-0.15, -0.1) is 0 Å². The molecule has 0 heterocycles. The van der Waals surface area contributed by atoms with Crippen molar-refractivity contribution in [3.8, 4) is 0 Å². The molecule has 0 unspecified atom stereocenters. The van der Waals surface area contributed by atoms with Crippen molar-refractivity contribution in [1.29, 1.82) is 0 Å². The molecule has 0 radical (unpaired) electrons. The average Bonchev–Trinajstić information content (AvgIpc) is 2.01. The van der Waals surface area contributed by atoms with Gasteiger partial charge in [0, 0.05) is 0 Å². The molecule has 0 aliphatic rings. The predicted molar refractivity (Wildman–Crippen MR) is 50.2 cm³/mol. The minimum Gasteiger partial charge on any atom is -0.481 e. The van der Waals surface area contributed by atoms with Crippen molar-refractivity contribution in [2.75, 3.05) is 0 Å². The Bertz CT molecular complexity index is 151. The zero-order valence-electron chi connectivity index (χ0n) is 7.97. The molecule has 70 valence electrons. The molecular formula is C10H18O2. The number of hydrogen-bond donors (Lipinski definition) is 1. The van der Waals surface area contributed by atoms with Crippen LogP contribution in [0.1, 0.15) is 46.0 Å². The van der Waals surface area contributed by atoms with Gasteiger partial charge in [0.15, 0.2) is 0 Å². The molecule has 2 heteroatoms. The molecule has 0 aliphatic heterocycles. The van der Waals surface area contributed by atoms with Gasteiger partial charge >= 0.3 is 5.97 Å². The topological polar surface area (TPSA) is 37.3 Å². The van der Waals surface area contributed by atoms with Crippen LogP contribution < -0.4 is 0 Å². The number of hydrogen-bond acceptors (Lipinski definition) is 1. The number of carboxylic acids is 1. The SMILES string of the molecule is CCCC(=CCC(=O)O)CCC. The number of aliphatic carboxylic acids is 1. The van der Waals surface area contributed by atoms with E-state index in [9.17, 15) is 4.79 Å². The van der Waals surface area contributed by atoms with Gasteiger partial charge in [-0.2, -0.15) is 0 Å². The fourth-order valence-electron chi connectivity index (χ4n) is 1.20. The Hall–Kier alpha value is -0.790. The van der Waals surface area contributed by atoms with Crippen LogP contribution in [-0.2, 0) is 4.79 Å². The molecule has 0 amide bonds. The number of carbonyl (C=O) groups is 1. The maximum Gasteiger partial charge on any atom is 0.307 e. The van der Waals surface area contributed by atoms with Crippen LogP contribution in [0.25, 0.3) is 0 Å². The molecule has 0 atom stereocenters.